The van der Waals surface area contributed by atoms with E-state index in [4.69, 9.17) is 0 Å². The van der Waals surface area contributed by atoms with Gasteiger partial charge >= 0.3 is 0 Å². The second-order valence-corrected chi connectivity index (χ2v) is 24.7. The number of benzene rings is 6. The summed E-state index contributed by atoms with van der Waals surface area (Å²) in [5.74, 6) is 0. The monoisotopic (exact) mass is 856 g/mol. The topological polar surface area (TPSA) is 6.48 Å². The summed E-state index contributed by atoms with van der Waals surface area (Å²) >= 11 is 1.97. The second-order valence-electron chi connectivity index (χ2n) is 23.7. The number of hydrogen-bond donors (Lipinski definition) is 0. The highest BCUT2D eigenvalue weighted by atomic mass is 32.1. The van der Waals surface area contributed by atoms with Gasteiger partial charge in [0.05, 0.1) is 5.00 Å². The van der Waals surface area contributed by atoms with E-state index in [-0.39, 0.29) is 33.8 Å². The number of nitrogens with zero attached hydrogens (tertiary/aromatic N) is 2. The first-order chi connectivity index (χ1) is 30.1. The Morgan fingerprint density at radius 2 is 1.05 bits per heavy atom. The van der Waals surface area contributed by atoms with Crippen LogP contribution in [0.3, 0.4) is 0 Å². The number of thiophene rings is 1. The third-order valence-corrected chi connectivity index (χ3v) is 17.5. The van der Waals surface area contributed by atoms with Crippen LogP contribution in [0.25, 0.3) is 21.2 Å². The first-order valence-corrected chi connectivity index (χ1v) is 24.8. The molecule has 0 amide bonds. The molecular weight excluding hydrogens is 792 g/mol. The molecule has 1 aromatic heterocycles. The van der Waals surface area contributed by atoms with Crippen LogP contribution in [0.1, 0.15) is 141 Å². The lowest BCUT2D eigenvalue weighted by Crippen LogP contribution is -2.61. The highest BCUT2D eigenvalue weighted by Gasteiger charge is 2.48. The summed E-state index contributed by atoms with van der Waals surface area (Å²) in [6.45, 7) is 31.7. The van der Waals surface area contributed by atoms with E-state index >= 15 is 0 Å². The van der Waals surface area contributed by atoms with Gasteiger partial charge in [-0.1, -0.05) is 143 Å². The number of hydrogen-bond acceptors (Lipinski definition) is 3. The van der Waals surface area contributed by atoms with Crippen molar-refractivity contribution in [2.75, 3.05) is 9.80 Å². The van der Waals surface area contributed by atoms with E-state index in [1.807, 2.05) is 11.3 Å². The molecule has 64 heavy (non-hydrogen) atoms. The number of anilines is 6. The smallest absolute Gasteiger partial charge is 0.254 e. The van der Waals surface area contributed by atoms with Crippen molar-refractivity contribution in [1.82, 2.24) is 0 Å². The van der Waals surface area contributed by atoms with Crippen molar-refractivity contribution in [3.8, 4) is 11.1 Å². The average Bonchev–Trinajstić information content (AvgIpc) is 3.62. The van der Waals surface area contributed by atoms with Crippen molar-refractivity contribution < 1.29 is 0 Å². The fourth-order valence-electron chi connectivity index (χ4n) is 12.1. The zero-order valence-corrected chi connectivity index (χ0v) is 41.4. The number of aryl methyl sites for hydroxylation is 2. The number of rotatable bonds is 3. The lowest BCUT2D eigenvalue weighted by Gasteiger charge is -2.48. The van der Waals surface area contributed by atoms with Gasteiger partial charge in [-0.05, 0) is 181 Å². The Morgan fingerprint density at radius 3 is 1.64 bits per heavy atom. The molecule has 11 rings (SSSR count). The fourth-order valence-corrected chi connectivity index (χ4v) is 13.3. The first-order valence-electron chi connectivity index (χ1n) is 24.0. The standard InChI is InChI=1S/C60H65BN2S/c1-36-29-50-54-51(30-36)63(48-34-45-43(31-37(48)2)57(6,7)25-27-59(45,10)11)49-35-46-44(58(8,9)26-28-60(46,12)13)33-47(49)61(54)53-42-32-40(56(3,4)5)21-24-52(42)64-55(53)62(50)41-22-19-39(20-23-41)38-17-15-14-16-18-38/h14-24,29-35H,25-28H2,1-13H3. The second kappa shape index (κ2) is 13.7. The molecular formula is C60H65BN2S. The maximum Gasteiger partial charge on any atom is 0.254 e. The van der Waals surface area contributed by atoms with Crippen molar-refractivity contribution in [3.05, 3.63) is 148 Å². The predicted octanol–water partition coefficient (Wildman–Crippen LogP) is 15.3. The van der Waals surface area contributed by atoms with Gasteiger partial charge in [-0.15, -0.1) is 11.3 Å². The van der Waals surface area contributed by atoms with E-state index in [0.717, 1.165) is 0 Å². The van der Waals surface area contributed by atoms with Crippen LogP contribution < -0.4 is 26.2 Å². The van der Waals surface area contributed by atoms with Gasteiger partial charge in [0, 0.05) is 33.1 Å². The molecule has 0 saturated carbocycles. The Balaban J connectivity index is 1.26. The van der Waals surface area contributed by atoms with E-state index in [9.17, 15) is 0 Å². The fraction of sp³-hybridized carbons (Fsp3) is 0.367. The first kappa shape index (κ1) is 41.6. The molecule has 4 aliphatic rings. The van der Waals surface area contributed by atoms with Gasteiger partial charge in [-0.3, -0.25) is 0 Å². The largest absolute Gasteiger partial charge is 0.311 e. The van der Waals surface area contributed by atoms with Crippen molar-refractivity contribution in [3.63, 3.8) is 0 Å². The third-order valence-electron chi connectivity index (χ3n) is 16.3. The van der Waals surface area contributed by atoms with Gasteiger partial charge in [0.15, 0.2) is 0 Å². The van der Waals surface area contributed by atoms with Gasteiger partial charge in [0.2, 0.25) is 0 Å². The highest BCUT2D eigenvalue weighted by Crippen LogP contribution is 2.54. The predicted molar refractivity (Wildman–Crippen MR) is 280 cm³/mol. The minimum Gasteiger partial charge on any atom is -0.311 e. The molecule has 4 heteroatoms. The summed E-state index contributed by atoms with van der Waals surface area (Å²) in [6.07, 6.45) is 4.76. The normalized spacial score (nSPS) is 18.5. The van der Waals surface area contributed by atoms with Crippen LogP contribution >= 0.6 is 11.3 Å². The summed E-state index contributed by atoms with van der Waals surface area (Å²) in [4.78, 5) is 5.37. The molecule has 7 aromatic rings. The van der Waals surface area contributed by atoms with Gasteiger partial charge < -0.3 is 9.80 Å². The molecule has 2 nitrogen and oxygen atoms in total. The molecule has 0 fully saturated rings. The molecule has 324 valence electrons. The van der Waals surface area contributed by atoms with Crippen molar-refractivity contribution in [1.29, 1.82) is 0 Å². The summed E-state index contributed by atoms with van der Waals surface area (Å²) in [5.41, 5.74) is 23.8. The summed E-state index contributed by atoms with van der Waals surface area (Å²) in [5, 5.41) is 2.74. The SMILES string of the molecule is Cc1cc2c3c(c1)N(c1ccc(-c4ccccc4)cc1)c1sc4ccc(C(C)(C)C)cc4c1B3c1cc3c(cc1N2c1cc2c(cc1C)C(C)(C)CCC2(C)C)C(C)(C)CCC3(C)C. The summed E-state index contributed by atoms with van der Waals surface area (Å²) < 4.78 is 1.36. The lowest BCUT2D eigenvalue weighted by atomic mass is 9.33. The van der Waals surface area contributed by atoms with Crippen LogP contribution in [0.15, 0.2) is 109 Å². The molecule has 0 bridgehead atoms. The van der Waals surface area contributed by atoms with Crippen LogP contribution in [-0.2, 0) is 27.1 Å². The summed E-state index contributed by atoms with van der Waals surface area (Å²) in [7, 11) is 0. The molecule has 0 radical (unpaired) electrons. The molecule has 0 spiro atoms. The molecule has 3 heterocycles. The van der Waals surface area contributed by atoms with E-state index in [0.29, 0.717) is 0 Å². The molecule has 0 N–H and O–H groups in total. The number of fused-ring (bicyclic) bond motifs is 8. The Morgan fingerprint density at radius 1 is 0.516 bits per heavy atom. The van der Waals surface area contributed by atoms with Gasteiger partial charge in [0.25, 0.3) is 6.71 Å². The highest BCUT2D eigenvalue weighted by molar-refractivity contribution is 7.26. The van der Waals surface area contributed by atoms with Crippen molar-refractivity contribution >= 4 is 78.0 Å². The average molecular weight is 857 g/mol. The third kappa shape index (κ3) is 6.17. The summed E-state index contributed by atoms with van der Waals surface area (Å²) in [6, 6.07) is 43.1. The zero-order valence-electron chi connectivity index (χ0n) is 40.6. The Hall–Kier alpha value is -5.06. The molecule has 6 aromatic carbocycles. The quantitative estimate of drug-likeness (QED) is 0.163. The van der Waals surface area contributed by atoms with E-state index in [1.165, 1.54) is 136 Å². The maximum atomic E-state index is 2.74. The zero-order chi connectivity index (χ0) is 45.0. The Labute approximate surface area is 387 Å². The van der Waals surface area contributed by atoms with E-state index in [2.05, 4.69) is 209 Å². The van der Waals surface area contributed by atoms with E-state index in [1.54, 1.807) is 0 Å². The Bertz CT molecular complexity index is 3060. The van der Waals surface area contributed by atoms with Crippen LogP contribution in [0.4, 0.5) is 33.4 Å². The van der Waals surface area contributed by atoms with Crippen LogP contribution in [0.5, 0.6) is 0 Å². The van der Waals surface area contributed by atoms with Gasteiger partial charge in [-0.2, -0.15) is 0 Å². The van der Waals surface area contributed by atoms with Crippen LogP contribution in [0, 0.1) is 13.8 Å². The molecule has 2 aliphatic carbocycles. The Kier molecular flexibility index (Phi) is 8.94. The lowest BCUT2D eigenvalue weighted by molar-refractivity contribution is 0.331. The minimum atomic E-state index is 0.0209. The van der Waals surface area contributed by atoms with E-state index < -0.39 is 0 Å². The molecule has 0 unspecified atom stereocenters. The van der Waals surface area contributed by atoms with Gasteiger partial charge in [0.1, 0.15) is 0 Å². The maximum absolute atomic E-state index is 2.74. The van der Waals surface area contributed by atoms with Crippen molar-refractivity contribution in [2.24, 2.45) is 0 Å². The molecule has 0 saturated heterocycles. The van der Waals surface area contributed by atoms with Gasteiger partial charge in [-0.25, -0.2) is 0 Å². The molecule has 0 atom stereocenters. The molecule has 2 aliphatic heterocycles. The minimum absolute atomic E-state index is 0.0209. The van der Waals surface area contributed by atoms with Crippen molar-refractivity contribution in [2.45, 2.75) is 143 Å². The van der Waals surface area contributed by atoms with Crippen LogP contribution in [-0.4, -0.2) is 6.71 Å². The van der Waals surface area contributed by atoms with Crippen LogP contribution in [0.2, 0.25) is 0 Å².